The third-order valence-corrected chi connectivity index (χ3v) is 3.85. The Morgan fingerprint density at radius 2 is 1.36 bits per heavy atom. The van der Waals surface area contributed by atoms with E-state index in [1.807, 2.05) is 96.8 Å². The van der Waals surface area contributed by atoms with Crippen molar-refractivity contribution in [1.29, 1.82) is 0 Å². The summed E-state index contributed by atoms with van der Waals surface area (Å²) in [7, 11) is 1.95. The molecule has 2 aromatic carbocycles. The average molecular weight is 445 g/mol. The second-order valence-corrected chi connectivity index (χ2v) is 5.74. The Bertz CT molecular complexity index is 750. The summed E-state index contributed by atoms with van der Waals surface area (Å²) in [6.07, 6.45) is 3.72. The Morgan fingerprint density at radius 1 is 0.880 bits per heavy atom. The van der Waals surface area contributed by atoms with E-state index in [-0.39, 0.29) is 42.5 Å². The van der Waals surface area contributed by atoms with Crippen molar-refractivity contribution < 1.29 is 38.1 Å². The van der Waals surface area contributed by atoms with Crippen LogP contribution in [0.15, 0.2) is 85.2 Å². The summed E-state index contributed by atoms with van der Waals surface area (Å²) in [5.74, 6) is -0.235. The van der Waals surface area contributed by atoms with Gasteiger partial charge in [0.2, 0.25) is 0 Å². The van der Waals surface area contributed by atoms with Crippen molar-refractivity contribution in [2.24, 2.45) is 7.05 Å². The fourth-order valence-corrected chi connectivity index (χ4v) is 2.57. The van der Waals surface area contributed by atoms with Gasteiger partial charge in [-0.3, -0.25) is 4.79 Å². The molecule has 4 heteroatoms. The van der Waals surface area contributed by atoms with Gasteiger partial charge in [-0.05, 0) is 16.7 Å². The number of aromatic nitrogens is 1. The predicted molar refractivity (Wildman–Crippen MR) is 92.1 cm³/mol. The second-order valence-electron chi connectivity index (χ2n) is 5.74. The Hall–Kier alpha value is -2.21. The highest BCUT2D eigenvalue weighted by Gasteiger charge is 2.19. The van der Waals surface area contributed by atoms with Gasteiger partial charge in [-0.15, -0.1) is 0 Å². The van der Waals surface area contributed by atoms with Gasteiger partial charge in [-0.1, -0.05) is 60.7 Å². The van der Waals surface area contributed by atoms with Crippen LogP contribution >= 0.6 is 0 Å². The molecule has 0 saturated heterocycles. The lowest BCUT2D eigenvalue weighted by molar-refractivity contribution is -0.671. The smallest absolute Gasteiger partial charge is 0.311 e. The van der Waals surface area contributed by atoms with E-state index in [4.69, 9.17) is 4.74 Å². The molecule has 1 heterocycles. The number of halogens is 1. The van der Waals surface area contributed by atoms with Crippen molar-refractivity contribution in [3.8, 4) is 0 Å². The van der Waals surface area contributed by atoms with Crippen LogP contribution in [0, 0.1) is 0 Å². The van der Waals surface area contributed by atoms with E-state index in [2.05, 4.69) is 0 Å². The molecule has 0 atom stereocenters. The lowest BCUT2D eigenvalue weighted by atomic mass is 10.0. The van der Waals surface area contributed by atoms with Gasteiger partial charge in [-0.2, -0.15) is 0 Å². The maximum Gasteiger partial charge on any atom is 0.311 e. The van der Waals surface area contributed by atoms with Crippen molar-refractivity contribution >= 4 is 5.97 Å². The van der Waals surface area contributed by atoms with Gasteiger partial charge >= 0.3 is 5.97 Å². The van der Waals surface area contributed by atoms with Crippen LogP contribution in [-0.2, 0) is 23.0 Å². The number of pyridine rings is 1. The molecule has 0 radical (unpaired) electrons. The number of rotatable bonds is 5. The van der Waals surface area contributed by atoms with Crippen molar-refractivity contribution in [2.75, 3.05) is 0 Å². The van der Waals surface area contributed by atoms with Gasteiger partial charge in [-0.25, -0.2) is 4.57 Å². The Balaban J connectivity index is 0.00000225. The van der Waals surface area contributed by atoms with E-state index in [1.165, 1.54) is 0 Å². The minimum absolute atomic E-state index is 0. The number of carbonyl (C=O) groups is 1. The zero-order valence-corrected chi connectivity index (χ0v) is 16.2. The molecule has 1 aromatic heterocycles. The molecule has 0 aliphatic rings. The van der Waals surface area contributed by atoms with E-state index in [1.54, 1.807) is 0 Å². The van der Waals surface area contributed by atoms with Crippen LogP contribution in [0.1, 0.15) is 22.8 Å². The summed E-state index contributed by atoms with van der Waals surface area (Å²) in [6, 6.07) is 23.5. The zero-order chi connectivity index (χ0) is 16.8. The number of ether oxygens (including phenoxy) is 1. The van der Waals surface area contributed by atoms with Gasteiger partial charge < -0.3 is 28.7 Å². The van der Waals surface area contributed by atoms with Crippen LogP contribution in [0.5, 0.6) is 0 Å². The third kappa shape index (κ3) is 5.39. The molecular weight excluding hydrogens is 425 g/mol. The molecule has 0 unspecified atom stereocenters. The summed E-state index contributed by atoms with van der Waals surface area (Å²) >= 11 is 0. The highest BCUT2D eigenvalue weighted by molar-refractivity contribution is 5.73. The van der Waals surface area contributed by atoms with Crippen molar-refractivity contribution in [1.82, 2.24) is 0 Å². The molecule has 0 fully saturated rings. The molecule has 3 rings (SSSR count). The van der Waals surface area contributed by atoms with Crippen molar-refractivity contribution in [2.45, 2.75) is 12.5 Å². The van der Waals surface area contributed by atoms with Crippen LogP contribution in [0.3, 0.4) is 0 Å². The fraction of sp³-hybridized carbons (Fsp3) is 0.143. The van der Waals surface area contributed by atoms with Gasteiger partial charge in [0.05, 0.1) is 6.42 Å². The van der Waals surface area contributed by atoms with Gasteiger partial charge in [0, 0.05) is 12.1 Å². The minimum Gasteiger partial charge on any atom is -1.00 e. The van der Waals surface area contributed by atoms with E-state index < -0.39 is 0 Å². The fourth-order valence-electron chi connectivity index (χ4n) is 2.57. The molecular formula is C21H20INO2. The first-order valence-corrected chi connectivity index (χ1v) is 7.96. The van der Waals surface area contributed by atoms with Gasteiger partial charge in [0.15, 0.2) is 18.5 Å². The molecule has 0 spiro atoms. The average Bonchev–Trinajstić information content (AvgIpc) is 2.63. The molecule has 0 saturated carbocycles. The molecule has 0 aliphatic carbocycles. The molecule has 0 amide bonds. The van der Waals surface area contributed by atoms with Crippen LogP contribution in [0.2, 0.25) is 0 Å². The summed E-state index contributed by atoms with van der Waals surface area (Å²) in [5.41, 5.74) is 2.88. The number of aryl methyl sites for hydroxylation is 1. The van der Waals surface area contributed by atoms with E-state index in [0.29, 0.717) is 0 Å². The topological polar surface area (TPSA) is 30.2 Å². The summed E-state index contributed by atoms with van der Waals surface area (Å²) in [4.78, 5) is 12.4. The monoisotopic (exact) mass is 445 g/mol. The number of hydrogen-bond acceptors (Lipinski definition) is 2. The largest absolute Gasteiger partial charge is 1.00 e. The maximum atomic E-state index is 12.4. The van der Waals surface area contributed by atoms with Crippen LogP contribution in [0.25, 0.3) is 0 Å². The van der Waals surface area contributed by atoms with Crippen molar-refractivity contribution in [3.05, 3.63) is 102 Å². The lowest BCUT2D eigenvalue weighted by Gasteiger charge is -2.19. The minimum atomic E-state index is -0.389. The van der Waals surface area contributed by atoms with Crippen LogP contribution < -0.4 is 28.5 Å². The lowest BCUT2D eigenvalue weighted by Crippen LogP contribution is -3.00. The number of nitrogens with zero attached hydrogens (tertiary/aromatic N) is 1. The highest BCUT2D eigenvalue weighted by Crippen LogP contribution is 2.26. The Morgan fingerprint density at radius 3 is 1.84 bits per heavy atom. The summed E-state index contributed by atoms with van der Waals surface area (Å²) in [5, 5.41) is 0. The van der Waals surface area contributed by atoms with Gasteiger partial charge in [0.25, 0.3) is 0 Å². The summed E-state index contributed by atoms with van der Waals surface area (Å²) < 4.78 is 7.75. The quantitative estimate of drug-likeness (QED) is 0.323. The van der Waals surface area contributed by atoms with Crippen LogP contribution in [0.4, 0.5) is 0 Å². The maximum absolute atomic E-state index is 12.4. The first kappa shape index (κ1) is 19.1. The molecule has 3 nitrogen and oxygen atoms in total. The SMILES string of the molecule is C[n+]1ccc(CC(=O)OC(c2ccccc2)c2ccccc2)cc1.[I-]. The normalized spacial score (nSPS) is 10.2. The highest BCUT2D eigenvalue weighted by atomic mass is 127. The molecule has 0 bridgehead atoms. The van der Waals surface area contributed by atoms with E-state index in [0.717, 1.165) is 16.7 Å². The molecule has 0 aliphatic heterocycles. The first-order chi connectivity index (χ1) is 11.7. The zero-order valence-electron chi connectivity index (χ0n) is 14.0. The second kappa shape index (κ2) is 9.32. The molecule has 0 N–H and O–H groups in total. The molecule has 128 valence electrons. The molecule has 25 heavy (non-hydrogen) atoms. The van der Waals surface area contributed by atoms with Crippen LogP contribution in [-0.4, -0.2) is 5.97 Å². The van der Waals surface area contributed by atoms with Gasteiger partial charge in [0.1, 0.15) is 7.05 Å². The van der Waals surface area contributed by atoms with Crippen molar-refractivity contribution in [3.63, 3.8) is 0 Å². The summed E-state index contributed by atoms with van der Waals surface area (Å²) in [6.45, 7) is 0. The van der Waals surface area contributed by atoms with E-state index >= 15 is 0 Å². The molecule has 3 aromatic rings. The number of benzene rings is 2. The number of esters is 1. The van der Waals surface area contributed by atoms with E-state index in [9.17, 15) is 4.79 Å². The number of carbonyl (C=O) groups excluding carboxylic acids is 1. The standard InChI is InChI=1S/C21H20NO2.HI/c1-22-14-12-17(13-15-22)16-20(23)24-21(18-8-4-2-5-9-18)19-10-6-3-7-11-19;/h2-15,21H,16H2,1H3;1H/q+1;/p-1. The first-order valence-electron chi connectivity index (χ1n) is 7.96. The number of hydrogen-bond donors (Lipinski definition) is 0. The Labute approximate surface area is 165 Å². The Kier molecular flexibility index (Phi) is 7.13. The predicted octanol–water partition coefficient (Wildman–Crippen LogP) is 0.390. The third-order valence-electron chi connectivity index (χ3n) is 3.85.